The standard InChI is InChI=1S/C8H16N2.C4H10.H2/c1-10-5-3-8(7-10)2-4-9-6-8;1-4(2)3;/h9H,2-7H2,1H3;4H,1-3H3;1H. The highest BCUT2D eigenvalue weighted by molar-refractivity contribution is 4.94. The van der Waals surface area contributed by atoms with Gasteiger partial charge in [-0.15, -0.1) is 0 Å². The van der Waals surface area contributed by atoms with Crippen molar-refractivity contribution in [1.82, 2.24) is 10.2 Å². The monoisotopic (exact) mass is 200 g/mol. The van der Waals surface area contributed by atoms with E-state index in [1.54, 1.807) is 0 Å². The van der Waals surface area contributed by atoms with E-state index in [1.165, 1.54) is 39.0 Å². The van der Waals surface area contributed by atoms with Crippen LogP contribution in [0.5, 0.6) is 0 Å². The minimum Gasteiger partial charge on any atom is -0.316 e. The summed E-state index contributed by atoms with van der Waals surface area (Å²) in [7, 11) is 2.23. The van der Waals surface area contributed by atoms with Gasteiger partial charge in [0, 0.05) is 14.5 Å². The van der Waals surface area contributed by atoms with Crippen LogP contribution in [-0.4, -0.2) is 38.1 Å². The maximum absolute atomic E-state index is 3.45. The molecule has 0 bridgehead atoms. The Hall–Kier alpha value is -0.0800. The Morgan fingerprint density at radius 1 is 1.29 bits per heavy atom. The Bertz CT molecular complexity index is 162. The molecule has 0 aromatic rings. The molecule has 2 aliphatic heterocycles. The van der Waals surface area contributed by atoms with Crippen LogP contribution in [0.1, 0.15) is 35.0 Å². The number of likely N-dealkylation sites (tertiary alicyclic amines) is 1. The summed E-state index contributed by atoms with van der Waals surface area (Å²) in [5.41, 5.74) is 0.675. The van der Waals surface area contributed by atoms with E-state index in [2.05, 4.69) is 38.0 Å². The predicted molar refractivity (Wildman–Crippen MR) is 64.7 cm³/mol. The van der Waals surface area contributed by atoms with E-state index in [0.29, 0.717) is 5.41 Å². The molecule has 0 saturated carbocycles. The van der Waals surface area contributed by atoms with Gasteiger partial charge in [-0.25, -0.2) is 0 Å². The molecule has 0 aromatic heterocycles. The van der Waals surface area contributed by atoms with Crippen LogP contribution >= 0.6 is 0 Å². The maximum atomic E-state index is 3.45. The molecule has 2 nitrogen and oxygen atoms in total. The number of nitrogens with zero attached hydrogens (tertiary/aromatic N) is 1. The van der Waals surface area contributed by atoms with E-state index in [1.807, 2.05) is 0 Å². The molecule has 0 radical (unpaired) electrons. The normalized spacial score (nSPS) is 32.4. The Kier molecular flexibility index (Phi) is 4.39. The van der Waals surface area contributed by atoms with Gasteiger partial charge in [-0.3, -0.25) is 0 Å². The summed E-state index contributed by atoms with van der Waals surface area (Å²) < 4.78 is 0. The Morgan fingerprint density at radius 2 is 1.93 bits per heavy atom. The van der Waals surface area contributed by atoms with E-state index < -0.39 is 0 Å². The van der Waals surface area contributed by atoms with Crippen LogP contribution in [0, 0.1) is 11.3 Å². The number of rotatable bonds is 0. The maximum Gasteiger partial charge on any atom is 0.00481 e. The van der Waals surface area contributed by atoms with Crippen molar-refractivity contribution in [2.75, 3.05) is 33.2 Å². The van der Waals surface area contributed by atoms with Crippen LogP contribution in [0.4, 0.5) is 0 Å². The van der Waals surface area contributed by atoms with Crippen LogP contribution < -0.4 is 5.32 Å². The Labute approximate surface area is 90.5 Å². The first-order valence-corrected chi connectivity index (χ1v) is 5.93. The number of nitrogens with one attached hydrogen (secondary N) is 1. The summed E-state index contributed by atoms with van der Waals surface area (Å²) in [6, 6.07) is 0. The molecule has 2 fully saturated rings. The molecule has 1 atom stereocenters. The lowest BCUT2D eigenvalue weighted by atomic mass is 9.87. The smallest absolute Gasteiger partial charge is 0.00481 e. The lowest BCUT2D eigenvalue weighted by molar-refractivity contribution is 0.309. The fourth-order valence-electron chi connectivity index (χ4n) is 2.30. The van der Waals surface area contributed by atoms with E-state index in [-0.39, 0.29) is 1.43 Å². The van der Waals surface area contributed by atoms with Crippen molar-refractivity contribution in [2.45, 2.75) is 33.6 Å². The molecule has 86 valence electrons. The first kappa shape index (κ1) is 12.0. The molecule has 0 aromatic carbocycles. The van der Waals surface area contributed by atoms with Crippen LogP contribution in [0.3, 0.4) is 0 Å². The van der Waals surface area contributed by atoms with Gasteiger partial charge in [0.25, 0.3) is 0 Å². The molecule has 0 amide bonds. The summed E-state index contributed by atoms with van der Waals surface area (Å²) in [6.07, 6.45) is 2.81. The van der Waals surface area contributed by atoms with Crippen LogP contribution in [0.2, 0.25) is 0 Å². The van der Waals surface area contributed by atoms with Crippen molar-refractivity contribution >= 4 is 0 Å². The van der Waals surface area contributed by atoms with Crippen molar-refractivity contribution in [1.29, 1.82) is 0 Å². The largest absolute Gasteiger partial charge is 0.316 e. The third-order valence-electron chi connectivity index (χ3n) is 2.96. The van der Waals surface area contributed by atoms with Gasteiger partial charge in [0.1, 0.15) is 0 Å². The van der Waals surface area contributed by atoms with Crippen LogP contribution in [0.15, 0.2) is 0 Å². The van der Waals surface area contributed by atoms with Crippen LogP contribution in [0.25, 0.3) is 0 Å². The fourth-order valence-corrected chi connectivity index (χ4v) is 2.30. The minimum absolute atomic E-state index is 0. The van der Waals surface area contributed by atoms with Crippen molar-refractivity contribution in [3.63, 3.8) is 0 Å². The summed E-state index contributed by atoms with van der Waals surface area (Å²) in [5, 5.41) is 3.45. The molecular weight excluding hydrogens is 172 g/mol. The van der Waals surface area contributed by atoms with E-state index in [4.69, 9.17) is 0 Å². The average Bonchev–Trinajstić information content (AvgIpc) is 2.62. The van der Waals surface area contributed by atoms with Gasteiger partial charge in [-0.2, -0.15) is 0 Å². The first-order chi connectivity index (χ1) is 6.54. The molecule has 2 heteroatoms. The second-order valence-corrected chi connectivity index (χ2v) is 5.65. The first-order valence-electron chi connectivity index (χ1n) is 5.93. The van der Waals surface area contributed by atoms with Crippen molar-refractivity contribution in [2.24, 2.45) is 11.3 Å². The fraction of sp³-hybridized carbons (Fsp3) is 1.00. The van der Waals surface area contributed by atoms with E-state index >= 15 is 0 Å². The van der Waals surface area contributed by atoms with Gasteiger partial charge in [0.15, 0.2) is 0 Å². The number of hydrogen-bond acceptors (Lipinski definition) is 2. The van der Waals surface area contributed by atoms with E-state index in [9.17, 15) is 0 Å². The third-order valence-corrected chi connectivity index (χ3v) is 2.96. The van der Waals surface area contributed by atoms with E-state index in [0.717, 1.165) is 5.92 Å². The second-order valence-electron chi connectivity index (χ2n) is 5.65. The average molecular weight is 200 g/mol. The van der Waals surface area contributed by atoms with Gasteiger partial charge in [0.2, 0.25) is 0 Å². The lowest BCUT2D eigenvalue weighted by Gasteiger charge is -2.20. The predicted octanol–water partition coefficient (Wildman–Crippen LogP) is 2.21. The highest BCUT2D eigenvalue weighted by atomic mass is 15.1. The highest BCUT2D eigenvalue weighted by Gasteiger charge is 2.38. The van der Waals surface area contributed by atoms with Gasteiger partial charge < -0.3 is 10.2 Å². The molecular formula is C12H28N2. The molecule has 1 unspecified atom stereocenters. The third kappa shape index (κ3) is 3.58. The van der Waals surface area contributed by atoms with Crippen LogP contribution in [-0.2, 0) is 0 Å². The molecule has 2 rings (SSSR count). The Balaban J connectivity index is 0.000000346. The van der Waals surface area contributed by atoms with Gasteiger partial charge in [-0.05, 0) is 44.3 Å². The quantitative estimate of drug-likeness (QED) is 0.645. The topological polar surface area (TPSA) is 15.3 Å². The summed E-state index contributed by atoms with van der Waals surface area (Å²) in [5.74, 6) is 0.833. The molecule has 14 heavy (non-hydrogen) atoms. The zero-order valence-corrected chi connectivity index (χ0v) is 10.3. The van der Waals surface area contributed by atoms with Crippen molar-refractivity contribution in [3.05, 3.63) is 0 Å². The summed E-state index contributed by atoms with van der Waals surface area (Å²) in [6.45, 7) is 11.6. The summed E-state index contributed by atoms with van der Waals surface area (Å²) in [4.78, 5) is 2.45. The molecule has 0 aliphatic carbocycles. The zero-order valence-electron chi connectivity index (χ0n) is 10.3. The lowest BCUT2D eigenvalue weighted by Crippen LogP contribution is -2.27. The molecule has 1 spiro atoms. The molecule has 1 N–H and O–H groups in total. The molecule has 2 saturated heterocycles. The second kappa shape index (κ2) is 5.13. The van der Waals surface area contributed by atoms with Crippen molar-refractivity contribution in [3.8, 4) is 0 Å². The summed E-state index contributed by atoms with van der Waals surface area (Å²) >= 11 is 0. The van der Waals surface area contributed by atoms with Gasteiger partial charge in [-0.1, -0.05) is 20.8 Å². The minimum atomic E-state index is 0. The van der Waals surface area contributed by atoms with Gasteiger partial charge >= 0.3 is 0 Å². The molecule has 2 heterocycles. The van der Waals surface area contributed by atoms with Gasteiger partial charge in [0.05, 0.1) is 0 Å². The Morgan fingerprint density at radius 3 is 2.29 bits per heavy atom. The zero-order chi connectivity index (χ0) is 10.6. The molecule has 2 aliphatic rings. The van der Waals surface area contributed by atoms with Crippen molar-refractivity contribution < 1.29 is 1.43 Å². The SMILES string of the molecule is CC(C)C.CN1CCC2(CCNC2)C1.[HH]. The highest BCUT2D eigenvalue weighted by Crippen LogP contribution is 2.34. The number of hydrogen-bond donors (Lipinski definition) is 1.